The zero-order valence-electron chi connectivity index (χ0n) is 22.8. The van der Waals surface area contributed by atoms with Crippen LogP contribution in [0.25, 0.3) is 0 Å². The van der Waals surface area contributed by atoms with Crippen LogP contribution < -0.4 is 20.7 Å². The van der Waals surface area contributed by atoms with Crippen molar-refractivity contribution in [1.82, 2.24) is 25.1 Å². The lowest BCUT2D eigenvalue weighted by Crippen LogP contribution is -2.49. The first-order valence-corrected chi connectivity index (χ1v) is 13.8. The average molecular weight is 550 g/mol. The van der Waals surface area contributed by atoms with E-state index in [1.165, 1.54) is 23.7 Å². The molecule has 2 aliphatic rings. The highest BCUT2D eigenvalue weighted by Gasteiger charge is 2.27. The Balaban J connectivity index is 1.37. The molecule has 39 heavy (non-hydrogen) atoms. The second kappa shape index (κ2) is 12.2. The van der Waals surface area contributed by atoms with Gasteiger partial charge in [0.15, 0.2) is 5.82 Å². The molecule has 1 fully saturated rings. The highest BCUT2D eigenvalue weighted by Crippen LogP contribution is 2.38. The van der Waals surface area contributed by atoms with E-state index in [9.17, 15) is 4.79 Å². The van der Waals surface area contributed by atoms with Crippen LogP contribution in [0.3, 0.4) is 0 Å². The number of likely N-dealkylation sites (N-methyl/N-ethyl adjacent to an activating group) is 1. The van der Waals surface area contributed by atoms with E-state index in [4.69, 9.17) is 16.3 Å². The summed E-state index contributed by atoms with van der Waals surface area (Å²) in [6, 6.07) is 12.0. The predicted molar refractivity (Wildman–Crippen MR) is 156 cm³/mol. The Morgan fingerprint density at radius 1 is 1.08 bits per heavy atom. The van der Waals surface area contributed by atoms with Crippen molar-refractivity contribution in [3.05, 3.63) is 64.3 Å². The predicted octanol–water partition coefficient (Wildman–Crippen LogP) is 4.48. The Labute approximate surface area is 234 Å². The van der Waals surface area contributed by atoms with Crippen molar-refractivity contribution in [1.29, 1.82) is 0 Å². The zero-order chi connectivity index (χ0) is 27.4. The molecule has 1 saturated heterocycles. The number of piperazine rings is 1. The molecule has 5 rings (SSSR count). The number of carbonyl (C=O) groups is 1. The number of methoxy groups -OCH3 is 1. The van der Waals surface area contributed by atoms with Crippen molar-refractivity contribution in [3.8, 4) is 5.75 Å². The highest BCUT2D eigenvalue weighted by molar-refractivity contribution is 6.33. The number of hydrogen-bond acceptors (Lipinski definition) is 8. The van der Waals surface area contributed by atoms with Crippen LogP contribution in [0.2, 0.25) is 5.02 Å². The first-order chi connectivity index (χ1) is 19.0. The molecular formula is C29H36ClN7O2. The van der Waals surface area contributed by atoms with E-state index >= 15 is 0 Å². The molecule has 9 nitrogen and oxygen atoms in total. The summed E-state index contributed by atoms with van der Waals surface area (Å²) in [4.78, 5) is 26.4. The van der Waals surface area contributed by atoms with Crippen LogP contribution in [-0.2, 0) is 12.8 Å². The summed E-state index contributed by atoms with van der Waals surface area (Å²) in [6.45, 7) is 4.52. The largest absolute Gasteiger partial charge is 0.494 e. The molecular weight excluding hydrogens is 514 g/mol. The summed E-state index contributed by atoms with van der Waals surface area (Å²) >= 11 is 6.42. The zero-order valence-corrected chi connectivity index (χ0v) is 23.5. The second-order valence-electron chi connectivity index (χ2n) is 10.1. The van der Waals surface area contributed by atoms with Crippen LogP contribution >= 0.6 is 11.6 Å². The first kappa shape index (κ1) is 27.2. The van der Waals surface area contributed by atoms with E-state index in [0.29, 0.717) is 34.1 Å². The van der Waals surface area contributed by atoms with E-state index in [2.05, 4.69) is 54.9 Å². The van der Waals surface area contributed by atoms with Crippen LogP contribution in [-0.4, -0.2) is 79.1 Å². The molecule has 10 heteroatoms. The molecule has 2 heterocycles. The van der Waals surface area contributed by atoms with Crippen LogP contribution in [0.15, 0.2) is 42.6 Å². The summed E-state index contributed by atoms with van der Waals surface area (Å²) in [5.74, 6) is 1.41. The van der Waals surface area contributed by atoms with Gasteiger partial charge in [-0.05, 0) is 62.1 Å². The number of halogens is 1. The standard InChI is InChI=1S/C29H36ClN7O2/c1-31-28(38)22-8-4-5-10-24(22)33-27-23(30)18-32-29(35-27)34-25-12-11-19-17-20(37-15-13-36(2)14-16-37)7-6-9-21(19)26(25)39-3/h4-5,8,10-12,18,20H,6-7,9,13-17H2,1-3H3,(H,31,38)(H2,32,33,34,35)/t20-/m0/s1. The van der Waals surface area contributed by atoms with Gasteiger partial charge in [0.25, 0.3) is 5.91 Å². The summed E-state index contributed by atoms with van der Waals surface area (Å²) in [5, 5.41) is 9.52. The number of nitrogens with one attached hydrogen (secondary N) is 3. The fourth-order valence-electron chi connectivity index (χ4n) is 5.52. The molecule has 3 N–H and O–H groups in total. The number of anilines is 4. The maximum absolute atomic E-state index is 12.3. The smallest absolute Gasteiger partial charge is 0.253 e. The lowest BCUT2D eigenvalue weighted by atomic mass is 9.99. The minimum Gasteiger partial charge on any atom is -0.494 e. The quantitative estimate of drug-likeness (QED) is 0.371. The summed E-state index contributed by atoms with van der Waals surface area (Å²) in [6.07, 6.45) is 5.87. The molecule has 0 saturated carbocycles. The van der Waals surface area contributed by atoms with Gasteiger partial charge >= 0.3 is 0 Å². The molecule has 0 spiro atoms. The normalized spacial score (nSPS) is 18.1. The number of para-hydroxylation sites is 1. The fraction of sp³-hybridized carbons (Fsp3) is 0.414. The van der Waals surface area contributed by atoms with E-state index in [0.717, 1.165) is 56.9 Å². The van der Waals surface area contributed by atoms with Gasteiger partial charge in [-0.2, -0.15) is 4.98 Å². The third-order valence-corrected chi connectivity index (χ3v) is 7.95. The van der Waals surface area contributed by atoms with E-state index in [-0.39, 0.29) is 5.91 Å². The third-order valence-electron chi connectivity index (χ3n) is 7.68. The minimum absolute atomic E-state index is 0.203. The molecule has 206 valence electrons. The first-order valence-electron chi connectivity index (χ1n) is 13.5. The van der Waals surface area contributed by atoms with Crippen molar-refractivity contribution in [3.63, 3.8) is 0 Å². The minimum atomic E-state index is -0.203. The van der Waals surface area contributed by atoms with E-state index in [1.807, 2.05) is 12.1 Å². The number of carbonyl (C=O) groups excluding carboxylic acids is 1. The van der Waals surface area contributed by atoms with E-state index in [1.54, 1.807) is 26.3 Å². The van der Waals surface area contributed by atoms with Gasteiger partial charge in [-0.1, -0.05) is 29.8 Å². The van der Waals surface area contributed by atoms with Crippen molar-refractivity contribution in [2.75, 3.05) is 58.0 Å². The number of ether oxygens (including phenoxy) is 1. The highest BCUT2D eigenvalue weighted by atomic mass is 35.5. The van der Waals surface area contributed by atoms with Gasteiger partial charge in [0.05, 0.1) is 30.2 Å². The molecule has 0 bridgehead atoms. The lowest BCUT2D eigenvalue weighted by molar-refractivity contribution is 0.0964. The van der Waals surface area contributed by atoms with Crippen LogP contribution in [0.5, 0.6) is 5.75 Å². The lowest BCUT2D eigenvalue weighted by Gasteiger charge is -2.37. The maximum Gasteiger partial charge on any atom is 0.253 e. The molecule has 0 unspecified atom stereocenters. The number of benzene rings is 2. The van der Waals surface area contributed by atoms with Crippen LogP contribution in [0.1, 0.15) is 34.3 Å². The Morgan fingerprint density at radius 3 is 2.64 bits per heavy atom. The summed E-state index contributed by atoms with van der Waals surface area (Å²) < 4.78 is 5.95. The number of hydrogen-bond donors (Lipinski definition) is 3. The van der Waals surface area contributed by atoms with Gasteiger partial charge in [0.2, 0.25) is 5.95 Å². The van der Waals surface area contributed by atoms with Crippen molar-refractivity contribution < 1.29 is 9.53 Å². The van der Waals surface area contributed by atoms with E-state index < -0.39 is 0 Å². The van der Waals surface area contributed by atoms with Crippen LogP contribution in [0, 0.1) is 0 Å². The molecule has 1 aromatic heterocycles. The topological polar surface area (TPSA) is 94.6 Å². The number of nitrogens with zero attached hydrogens (tertiary/aromatic N) is 4. The average Bonchev–Trinajstić information content (AvgIpc) is 3.18. The van der Waals surface area contributed by atoms with Crippen molar-refractivity contribution in [2.24, 2.45) is 0 Å². The van der Waals surface area contributed by atoms with Gasteiger partial charge in [0.1, 0.15) is 10.8 Å². The second-order valence-corrected chi connectivity index (χ2v) is 10.5. The Hall–Kier alpha value is -3.40. The Kier molecular flexibility index (Phi) is 8.50. The Bertz CT molecular complexity index is 1330. The number of amides is 1. The number of fused-ring (bicyclic) bond motifs is 1. The SMILES string of the molecule is CNC(=O)c1ccccc1Nc1nc(Nc2ccc3c(c2OC)CCC[C@H](N2CCN(C)CC2)C3)ncc1Cl. The van der Waals surface area contributed by atoms with Gasteiger partial charge in [0, 0.05) is 39.3 Å². The monoisotopic (exact) mass is 549 g/mol. The third kappa shape index (κ3) is 6.11. The molecule has 1 atom stereocenters. The molecule has 0 radical (unpaired) electrons. The molecule has 2 aromatic carbocycles. The molecule has 1 amide bonds. The van der Waals surface area contributed by atoms with Gasteiger partial charge < -0.3 is 25.6 Å². The van der Waals surface area contributed by atoms with Gasteiger partial charge in [-0.3, -0.25) is 9.69 Å². The van der Waals surface area contributed by atoms with Crippen molar-refractivity contribution >= 4 is 40.6 Å². The summed E-state index contributed by atoms with van der Waals surface area (Å²) in [5.41, 5.74) is 4.51. The molecule has 1 aliphatic heterocycles. The molecule has 3 aromatic rings. The maximum atomic E-state index is 12.3. The number of rotatable bonds is 7. The van der Waals surface area contributed by atoms with Crippen LogP contribution in [0.4, 0.5) is 23.1 Å². The molecule has 1 aliphatic carbocycles. The van der Waals surface area contributed by atoms with Crippen molar-refractivity contribution in [2.45, 2.75) is 31.7 Å². The summed E-state index contributed by atoms with van der Waals surface area (Å²) in [7, 11) is 5.51. The Morgan fingerprint density at radius 2 is 1.87 bits per heavy atom. The number of aromatic nitrogens is 2. The van der Waals surface area contributed by atoms with Gasteiger partial charge in [-0.25, -0.2) is 4.98 Å². The van der Waals surface area contributed by atoms with Gasteiger partial charge in [-0.15, -0.1) is 0 Å². The fourth-order valence-corrected chi connectivity index (χ4v) is 5.66.